The lowest BCUT2D eigenvalue weighted by Gasteiger charge is -2.31. The van der Waals surface area contributed by atoms with Gasteiger partial charge < -0.3 is 4.74 Å². The normalized spacial score (nSPS) is 19.6. The van der Waals surface area contributed by atoms with E-state index >= 15 is 0 Å². The van der Waals surface area contributed by atoms with Gasteiger partial charge >= 0.3 is 5.97 Å². The third-order valence-electron chi connectivity index (χ3n) is 5.35. The number of carbonyl (C=O) groups is 1. The average Bonchev–Trinajstić information content (AvgIpc) is 2.55. The number of benzene rings is 1. The van der Waals surface area contributed by atoms with E-state index in [0.29, 0.717) is 6.54 Å². The van der Waals surface area contributed by atoms with E-state index < -0.39 is 0 Å². The van der Waals surface area contributed by atoms with Crippen LogP contribution in [-0.4, -0.2) is 37.8 Å². The third-order valence-corrected chi connectivity index (χ3v) is 5.35. The molecule has 2 aliphatic heterocycles. The number of ether oxygens (including phenoxy) is 1. The Morgan fingerprint density at radius 2 is 2.12 bits per heavy atom. The monoisotopic (exact) mass is 328 g/mol. The molecule has 0 amide bonds. The highest BCUT2D eigenvalue weighted by Gasteiger charge is 2.35. The molecule has 126 valence electrons. The SMILES string of the molecule is COC(=O)C1CCN(Cc2ccc(C3CB(C#N)C3)c(F)c2)CC1. The number of halogens is 1. The first-order chi connectivity index (χ1) is 11.6. The summed E-state index contributed by atoms with van der Waals surface area (Å²) in [6.45, 7) is 2.45. The molecule has 0 aromatic heterocycles. The van der Waals surface area contributed by atoms with E-state index in [9.17, 15) is 9.18 Å². The maximum absolute atomic E-state index is 14.4. The first-order valence-electron chi connectivity index (χ1n) is 8.58. The lowest BCUT2D eigenvalue weighted by Crippen LogP contribution is -2.36. The van der Waals surface area contributed by atoms with Gasteiger partial charge in [0.1, 0.15) is 5.82 Å². The molecule has 0 atom stereocenters. The summed E-state index contributed by atoms with van der Waals surface area (Å²) < 4.78 is 19.2. The highest BCUT2D eigenvalue weighted by Crippen LogP contribution is 2.39. The summed E-state index contributed by atoms with van der Waals surface area (Å²) in [5.74, 6) is 2.15. The second-order valence-electron chi connectivity index (χ2n) is 6.92. The van der Waals surface area contributed by atoms with Crippen LogP contribution in [0.2, 0.25) is 12.6 Å². The molecule has 0 radical (unpaired) electrons. The number of nitriles is 1. The number of rotatable bonds is 4. The van der Waals surface area contributed by atoms with Crippen LogP contribution in [0, 0.1) is 23.0 Å². The Kier molecular flexibility index (Phi) is 5.20. The van der Waals surface area contributed by atoms with Gasteiger partial charge in [0.2, 0.25) is 0 Å². The van der Waals surface area contributed by atoms with Crippen LogP contribution < -0.4 is 0 Å². The molecule has 6 heteroatoms. The van der Waals surface area contributed by atoms with Crippen molar-refractivity contribution in [3.63, 3.8) is 0 Å². The van der Waals surface area contributed by atoms with Gasteiger partial charge in [0.15, 0.2) is 0 Å². The summed E-state index contributed by atoms with van der Waals surface area (Å²) in [5.41, 5.74) is 1.71. The standard InChI is InChI=1S/C18H22BFN2O2/c1-24-18(23)14-4-6-22(7-5-14)11-13-2-3-16(17(20)8-13)15-9-19(10-15)12-21/h2-3,8,14-15H,4-7,9-11H2,1H3. The lowest BCUT2D eigenvalue weighted by atomic mass is 9.32. The molecule has 0 saturated carbocycles. The van der Waals surface area contributed by atoms with Gasteiger partial charge in [0, 0.05) is 12.5 Å². The molecular formula is C18H22BFN2O2. The third kappa shape index (κ3) is 3.62. The molecule has 4 nitrogen and oxygen atoms in total. The molecule has 0 unspecified atom stereocenters. The maximum atomic E-state index is 14.4. The minimum absolute atomic E-state index is 0.00272. The highest BCUT2D eigenvalue weighted by molar-refractivity contribution is 6.70. The summed E-state index contributed by atoms with van der Waals surface area (Å²) in [6, 6.07) is 5.50. The number of hydrogen-bond acceptors (Lipinski definition) is 4. The molecule has 1 aromatic carbocycles. The number of methoxy groups -OCH3 is 1. The smallest absolute Gasteiger partial charge is 0.308 e. The van der Waals surface area contributed by atoms with Gasteiger partial charge in [-0.1, -0.05) is 24.8 Å². The fourth-order valence-corrected chi connectivity index (χ4v) is 3.73. The summed E-state index contributed by atoms with van der Waals surface area (Å²) in [6.07, 6.45) is 3.14. The van der Waals surface area contributed by atoms with Gasteiger partial charge in [-0.15, -0.1) is 0 Å². The Morgan fingerprint density at radius 1 is 1.42 bits per heavy atom. The van der Waals surface area contributed by atoms with Crippen molar-refractivity contribution in [3.8, 4) is 5.97 Å². The van der Waals surface area contributed by atoms with Crippen LogP contribution in [0.4, 0.5) is 4.39 Å². The Hall–Kier alpha value is -1.87. The van der Waals surface area contributed by atoms with Crippen LogP contribution in [0.1, 0.15) is 29.9 Å². The van der Waals surface area contributed by atoms with Gasteiger partial charge in [-0.2, -0.15) is 0 Å². The number of piperidine rings is 1. The van der Waals surface area contributed by atoms with Crippen LogP contribution in [0.5, 0.6) is 0 Å². The molecular weight excluding hydrogens is 306 g/mol. The Balaban J connectivity index is 1.54. The minimum atomic E-state index is -0.154. The minimum Gasteiger partial charge on any atom is -0.469 e. The fraction of sp³-hybridized carbons (Fsp3) is 0.556. The summed E-state index contributed by atoms with van der Waals surface area (Å²) in [4.78, 5) is 13.8. The first-order valence-corrected chi connectivity index (χ1v) is 8.58. The number of hydrogen-bond donors (Lipinski definition) is 0. The van der Waals surface area contributed by atoms with E-state index in [0.717, 1.165) is 49.7 Å². The molecule has 24 heavy (non-hydrogen) atoms. The molecule has 1 aromatic rings. The number of esters is 1. The van der Waals surface area contributed by atoms with E-state index in [-0.39, 0.29) is 30.3 Å². The molecule has 2 fully saturated rings. The Labute approximate surface area is 142 Å². The van der Waals surface area contributed by atoms with Crippen molar-refractivity contribution in [1.29, 1.82) is 5.26 Å². The van der Waals surface area contributed by atoms with Gasteiger partial charge in [-0.05, 0) is 49.0 Å². The van der Waals surface area contributed by atoms with E-state index in [1.807, 2.05) is 12.1 Å². The second-order valence-corrected chi connectivity index (χ2v) is 6.92. The van der Waals surface area contributed by atoms with E-state index in [2.05, 4.69) is 10.9 Å². The van der Waals surface area contributed by atoms with Crippen LogP contribution in [-0.2, 0) is 16.1 Å². The lowest BCUT2D eigenvalue weighted by molar-refractivity contribution is -0.147. The van der Waals surface area contributed by atoms with Crippen molar-refractivity contribution >= 4 is 12.7 Å². The fourth-order valence-electron chi connectivity index (χ4n) is 3.73. The largest absolute Gasteiger partial charge is 0.469 e. The Bertz CT molecular complexity index is 647. The van der Waals surface area contributed by atoms with Crippen molar-refractivity contribution < 1.29 is 13.9 Å². The van der Waals surface area contributed by atoms with E-state index in [1.54, 1.807) is 6.07 Å². The van der Waals surface area contributed by atoms with Crippen molar-refractivity contribution in [1.82, 2.24) is 4.90 Å². The van der Waals surface area contributed by atoms with Crippen molar-refractivity contribution in [2.24, 2.45) is 5.92 Å². The van der Waals surface area contributed by atoms with Crippen LogP contribution in [0.25, 0.3) is 0 Å². The Morgan fingerprint density at radius 3 is 2.71 bits per heavy atom. The number of nitrogens with zero attached hydrogens (tertiary/aromatic N) is 2. The zero-order valence-electron chi connectivity index (χ0n) is 14.0. The van der Waals surface area contributed by atoms with Gasteiger partial charge in [0.25, 0.3) is 6.71 Å². The molecule has 0 spiro atoms. The van der Waals surface area contributed by atoms with Crippen molar-refractivity contribution in [2.45, 2.75) is 37.9 Å². The zero-order valence-corrected chi connectivity index (χ0v) is 14.0. The molecule has 2 aliphatic rings. The number of carbonyl (C=O) groups excluding carboxylic acids is 1. The van der Waals surface area contributed by atoms with Crippen LogP contribution >= 0.6 is 0 Å². The topological polar surface area (TPSA) is 53.3 Å². The predicted molar refractivity (Wildman–Crippen MR) is 90.1 cm³/mol. The average molecular weight is 328 g/mol. The summed E-state index contributed by atoms with van der Waals surface area (Å²) in [5, 5.41) is 8.84. The molecule has 0 aliphatic carbocycles. The van der Waals surface area contributed by atoms with Crippen LogP contribution in [0.3, 0.4) is 0 Å². The van der Waals surface area contributed by atoms with E-state index in [4.69, 9.17) is 10.00 Å². The molecule has 0 bridgehead atoms. The van der Waals surface area contributed by atoms with Crippen LogP contribution in [0.15, 0.2) is 18.2 Å². The molecule has 3 rings (SSSR count). The second kappa shape index (κ2) is 7.35. The summed E-state index contributed by atoms with van der Waals surface area (Å²) in [7, 11) is 1.43. The maximum Gasteiger partial charge on any atom is 0.308 e. The molecule has 0 N–H and O–H groups in total. The molecule has 2 heterocycles. The summed E-state index contributed by atoms with van der Waals surface area (Å²) >= 11 is 0. The quantitative estimate of drug-likeness (QED) is 0.630. The number of likely N-dealkylation sites (tertiary alicyclic amines) is 1. The predicted octanol–water partition coefficient (Wildman–Crippen LogP) is 2.87. The highest BCUT2D eigenvalue weighted by atomic mass is 19.1. The molecule has 2 saturated heterocycles. The van der Waals surface area contributed by atoms with Gasteiger partial charge in [-0.25, -0.2) is 9.65 Å². The van der Waals surface area contributed by atoms with Crippen molar-refractivity contribution in [2.75, 3.05) is 20.2 Å². The van der Waals surface area contributed by atoms with Crippen molar-refractivity contribution in [3.05, 3.63) is 35.1 Å². The van der Waals surface area contributed by atoms with Gasteiger partial charge in [0.05, 0.1) is 13.0 Å². The van der Waals surface area contributed by atoms with Gasteiger partial charge in [-0.3, -0.25) is 9.69 Å². The van der Waals surface area contributed by atoms with E-state index in [1.165, 1.54) is 7.11 Å². The first kappa shape index (κ1) is 17.0. The zero-order chi connectivity index (χ0) is 17.1.